The number of carbonyl (C=O) groups is 1. The summed E-state index contributed by atoms with van der Waals surface area (Å²) in [5.41, 5.74) is 10.1. The van der Waals surface area contributed by atoms with Crippen LogP contribution in [0.1, 0.15) is 20.3 Å². The minimum Gasteiger partial charge on any atom is -0.393 e. The molecule has 1 atom stereocenters. The summed E-state index contributed by atoms with van der Waals surface area (Å²) in [6.07, 6.45) is 1.39. The highest BCUT2D eigenvalue weighted by Gasteiger charge is 2.07. The molecule has 5 N–H and O–H groups in total. The number of guanidine groups is 1. The van der Waals surface area contributed by atoms with Gasteiger partial charge in [-0.25, -0.2) is 0 Å². The molecular formula is C8H18N4O2. The molecule has 0 heterocycles. The third-order valence-corrected chi connectivity index (χ3v) is 1.40. The van der Waals surface area contributed by atoms with E-state index < -0.39 is 0 Å². The highest BCUT2D eigenvalue weighted by molar-refractivity contribution is 5.74. The minimum absolute atomic E-state index is 0.121. The Balaban J connectivity index is 3.63. The number of nitrogens with two attached hydrogens (primary N) is 2. The van der Waals surface area contributed by atoms with Crippen LogP contribution in [0.15, 0.2) is 5.16 Å². The van der Waals surface area contributed by atoms with Crippen molar-refractivity contribution in [2.45, 2.75) is 32.4 Å². The maximum atomic E-state index is 10.6. The van der Waals surface area contributed by atoms with Gasteiger partial charge >= 0.3 is 0 Å². The molecule has 6 heteroatoms. The molecular weight excluding hydrogens is 184 g/mol. The van der Waals surface area contributed by atoms with E-state index in [4.69, 9.17) is 16.3 Å². The molecule has 0 spiro atoms. The van der Waals surface area contributed by atoms with Crippen LogP contribution in [0.25, 0.3) is 0 Å². The molecule has 0 saturated heterocycles. The van der Waals surface area contributed by atoms with Crippen molar-refractivity contribution in [3.05, 3.63) is 0 Å². The molecule has 0 aliphatic heterocycles. The summed E-state index contributed by atoms with van der Waals surface area (Å²) < 4.78 is 0. The van der Waals surface area contributed by atoms with Gasteiger partial charge in [0.25, 0.3) is 0 Å². The first-order chi connectivity index (χ1) is 6.56. The number of oxime groups is 1. The van der Waals surface area contributed by atoms with Crippen LogP contribution in [0.2, 0.25) is 0 Å². The zero-order valence-electron chi connectivity index (χ0n) is 8.56. The van der Waals surface area contributed by atoms with Crippen LogP contribution >= 0.6 is 0 Å². The average molecular weight is 202 g/mol. The van der Waals surface area contributed by atoms with E-state index in [1.165, 1.54) is 0 Å². The van der Waals surface area contributed by atoms with Crippen LogP contribution in [0.5, 0.6) is 0 Å². The highest BCUT2D eigenvalue weighted by Crippen LogP contribution is 1.92. The summed E-state index contributed by atoms with van der Waals surface area (Å²) in [5.74, 6) is -0.121. The first kappa shape index (κ1) is 12.7. The van der Waals surface area contributed by atoms with Crippen molar-refractivity contribution >= 4 is 12.2 Å². The molecule has 0 aromatic rings. The van der Waals surface area contributed by atoms with E-state index in [0.717, 1.165) is 6.29 Å². The van der Waals surface area contributed by atoms with E-state index in [1.54, 1.807) is 0 Å². The Labute approximate surface area is 83.6 Å². The number of nitrogens with one attached hydrogen (secondary N) is 1. The molecule has 0 amide bonds. The normalized spacial score (nSPS) is 12.2. The summed E-state index contributed by atoms with van der Waals surface area (Å²) in [6, 6.07) is 0.0393. The second-order valence-electron chi connectivity index (χ2n) is 3.20. The Morgan fingerprint density at radius 1 is 1.57 bits per heavy atom. The molecule has 0 bridgehead atoms. The van der Waals surface area contributed by atoms with Gasteiger partial charge in [-0.15, -0.1) is 0 Å². The van der Waals surface area contributed by atoms with Gasteiger partial charge in [0.05, 0.1) is 6.04 Å². The molecule has 0 rings (SSSR count). The summed E-state index contributed by atoms with van der Waals surface area (Å²) >= 11 is 0. The van der Waals surface area contributed by atoms with Gasteiger partial charge in [-0.05, 0) is 5.16 Å². The zero-order chi connectivity index (χ0) is 11.0. The summed E-state index contributed by atoms with van der Waals surface area (Å²) in [6.45, 7) is 4.24. The van der Waals surface area contributed by atoms with Crippen molar-refractivity contribution < 1.29 is 9.63 Å². The smallest absolute Gasteiger partial charge is 0.228 e. The van der Waals surface area contributed by atoms with Crippen LogP contribution in [0.3, 0.4) is 0 Å². The van der Waals surface area contributed by atoms with Crippen molar-refractivity contribution in [2.75, 3.05) is 6.61 Å². The van der Waals surface area contributed by atoms with Crippen molar-refractivity contribution in [3.8, 4) is 0 Å². The third-order valence-electron chi connectivity index (χ3n) is 1.40. The van der Waals surface area contributed by atoms with Gasteiger partial charge in [0.1, 0.15) is 12.9 Å². The van der Waals surface area contributed by atoms with Crippen LogP contribution < -0.4 is 16.8 Å². The van der Waals surface area contributed by atoms with Crippen molar-refractivity contribution in [2.24, 2.45) is 16.6 Å². The van der Waals surface area contributed by atoms with E-state index in [0.29, 0.717) is 13.0 Å². The fraction of sp³-hybridized carbons (Fsp3) is 0.750. The maximum Gasteiger partial charge on any atom is 0.228 e. The lowest BCUT2D eigenvalue weighted by Crippen LogP contribution is -2.36. The lowest BCUT2D eigenvalue weighted by atomic mass is 10.2. The van der Waals surface area contributed by atoms with Gasteiger partial charge in [-0.3, -0.25) is 0 Å². The summed E-state index contributed by atoms with van der Waals surface area (Å²) in [5, 5.41) is 6.40. The molecule has 82 valence electrons. The largest absolute Gasteiger partial charge is 0.393 e. The predicted octanol–water partition coefficient (Wildman–Crippen LogP) is -0.853. The molecule has 6 nitrogen and oxygen atoms in total. The Kier molecular flexibility index (Phi) is 6.47. The molecule has 0 unspecified atom stereocenters. The molecule has 0 saturated carbocycles. The Morgan fingerprint density at radius 2 is 2.21 bits per heavy atom. The number of carbonyl (C=O) groups excluding carboxylic acids is 1. The number of rotatable bonds is 7. The average Bonchev–Trinajstić information content (AvgIpc) is 2.09. The molecule has 0 aromatic heterocycles. The fourth-order valence-electron chi connectivity index (χ4n) is 0.919. The third kappa shape index (κ3) is 7.35. The summed E-state index contributed by atoms with van der Waals surface area (Å²) in [4.78, 5) is 15.3. The van der Waals surface area contributed by atoms with Gasteiger partial charge in [-0.2, -0.15) is 0 Å². The molecule has 0 aliphatic carbocycles. The Morgan fingerprint density at radius 3 is 2.64 bits per heavy atom. The molecule has 14 heavy (non-hydrogen) atoms. The van der Waals surface area contributed by atoms with Gasteiger partial charge in [0.2, 0.25) is 5.96 Å². The van der Waals surface area contributed by atoms with Gasteiger partial charge in [-0.1, -0.05) is 13.8 Å². The zero-order valence-corrected chi connectivity index (χ0v) is 8.56. The van der Waals surface area contributed by atoms with E-state index in [2.05, 4.69) is 10.5 Å². The van der Waals surface area contributed by atoms with E-state index in [9.17, 15) is 4.79 Å². The first-order valence-corrected chi connectivity index (χ1v) is 4.48. The predicted molar refractivity (Wildman–Crippen MR) is 54.5 cm³/mol. The van der Waals surface area contributed by atoms with Crippen molar-refractivity contribution in [3.63, 3.8) is 0 Å². The van der Waals surface area contributed by atoms with E-state index in [1.807, 2.05) is 13.8 Å². The maximum absolute atomic E-state index is 10.6. The number of hydrogen-bond donors (Lipinski definition) is 3. The van der Waals surface area contributed by atoms with Gasteiger partial charge in [0, 0.05) is 12.5 Å². The number of nitrogens with zero attached hydrogens (tertiary/aromatic N) is 1. The quantitative estimate of drug-likeness (QED) is 0.164. The Bertz CT molecular complexity index is 190. The fourth-order valence-corrected chi connectivity index (χ4v) is 0.919. The first-order valence-electron chi connectivity index (χ1n) is 4.48. The SMILES string of the molecule is CC(C)N[C@H](C=O)CCON=C(N)N. The number of aldehydes is 1. The summed E-state index contributed by atoms with van der Waals surface area (Å²) in [7, 11) is 0. The van der Waals surface area contributed by atoms with Crippen LogP contribution in [0.4, 0.5) is 0 Å². The van der Waals surface area contributed by atoms with E-state index in [-0.39, 0.29) is 18.0 Å². The minimum atomic E-state index is -0.218. The lowest BCUT2D eigenvalue weighted by molar-refractivity contribution is -0.110. The molecule has 0 fully saturated rings. The van der Waals surface area contributed by atoms with Crippen LogP contribution in [-0.4, -0.2) is 30.9 Å². The standard InChI is InChI=1S/C8H18N4O2/c1-6(2)11-7(5-13)3-4-14-12-8(9)10/h5-7,11H,3-4H2,1-2H3,(H4,9,10,12)/t7-/m0/s1. The monoisotopic (exact) mass is 202 g/mol. The van der Waals surface area contributed by atoms with E-state index >= 15 is 0 Å². The molecule has 0 aliphatic rings. The molecule has 0 aromatic carbocycles. The van der Waals surface area contributed by atoms with Gasteiger partial charge < -0.3 is 26.4 Å². The number of hydrogen-bond acceptors (Lipinski definition) is 4. The molecule has 0 radical (unpaired) electrons. The van der Waals surface area contributed by atoms with Crippen LogP contribution in [-0.2, 0) is 9.63 Å². The van der Waals surface area contributed by atoms with Crippen molar-refractivity contribution in [1.29, 1.82) is 0 Å². The second-order valence-corrected chi connectivity index (χ2v) is 3.20. The van der Waals surface area contributed by atoms with Gasteiger partial charge in [0.15, 0.2) is 0 Å². The lowest BCUT2D eigenvalue weighted by Gasteiger charge is -2.14. The highest BCUT2D eigenvalue weighted by atomic mass is 16.6. The second kappa shape index (κ2) is 7.14. The van der Waals surface area contributed by atoms with Crippen LogP contribution in [0, 0.1) is 0 Å². The van der Waals surface area contributed by atoms with Crippen molar-refractivity contribution in [1.82, 2.24) is 5.32 Å². The Hall–Kier alpha value is -1.30. The topological polar surface area (TPSA) is 103 Å².